The van der Waals surface area contributed by atoms with Crippen LogP contribution in [0.4, 0.5) is 0 Å². The van der Waals surface area contributed by atoms with Gasteiger partial charge in [0.15, 0.2) is 0 Å². The standard InChI is InChI=1S/C25H15N2O.C19H26NSi.Ir/c1-2-8-18(9-3-1)27-22-12-6-5-11-21(22)26-25(27)17-14-15-20-19-10-4-7-13-23(19)28-24(20)16-17;1-19(2,3)13-16-12-17(15-10-8-7-9-11-15)20-14-18(16)21(4,5)6;/h1-13,15-16H;7-10,12,14H,13H2,1-6H3;/q2*-1;/i;13D2;. The zero-order chi connectivity index (χ0) is 36.0. The molecule has 0 aliphatic heterocycles. The van der Waals surface area contributed by atoms with Crippen molar-refractivity contribution in [2.24, 2.45) is 5.41 Å². The van der Waals surface area contributed by atoms with Crippen LogP contribution in [-0.4, -0.2) is 22.6 Å². The summed E-state index contributed by atoms with van der Waals surface area (Å²) in [6, 6.07) is 46.9. The van der Waals surface area contributed by atoms with Gasteiger partial charge in [-0.1, -0.05) is 112 Å². The molecule has 0 bridgehead atoms. The number of imidazole rings is 1. The Balaban J connectivity index is 0.000000179. The summed E-state index contributed by atoms with van der Waals surface area (Å²) in [5.41, 5.74) is 7.74. The minimum atomic E-state index is -1.70. The Morgan fingerprint density at radius 1 is 0.780 bits per heavy atom. The maximum atomic E-state index is 8.75. The number of nitrogens with zero attached hydrogens (tertiary/aromatic N) is 3. The molecular weight excluding hydrogens is 807 g/mol. The summed E-state index contributed by atoms with van der Waals surface area (Å²) in [5.74, 6) is 0.856. The predicted octanol–water partition coefficient (Wildman–Crippen LogP) is 11.1. The average molecular weight is 850 g/mol. The Morgan fingerprint density at radius 2 is 1.50 bits per heavy atom. The molecule has 50 heavy (non-hydrogen) atoms. The Hall–Kier alpha value is -4.61. The van der Waals surface area contributed by atoms with Crippen molar-refractivity contribution in [3.63, 3.8) is 0 Å². The van der Waals surface area contributed by atoms with Crippen molar-refractivity contribution >= 4 is 46.2 Å². The molecule has 8 aromatic rings. The summed E-state index contributed by atoms with van der Waals surface area (Å²) < 4.78 is 25.8. The van der Waals surface area contributed by atoms with Crippen molar-refractivity contribution < 1.29 is 27.3 Å². The first-order valence-electron chi connectivity index (χ1n) is 17.7. The Morgan fingerprint density at radius 3 is 2.24 bits per heavy atom. The Bertz CT molecular complexity index is 2480. The summed E-state index contributed by atoms with van der Waals surface area (Å²) in [6.07, 6.45) is 0.469. The van der Waals surface area contributed by atoms with Gasteiger partial charge in [-0.25, -0.2) is 0 Å². The summed E-state index contributed by atoms with van der Waals surface area (Å²) in [6.45, 7) is 12.6. The molecule has 0 aliphatic carbocycles. The third-order valence-corrected chi connectivity index (χ3v) is 10.3. The third kappa shape index (κ3) is 7.44. The van der Waals surface area contributed by atoms with Gasteiger partial charge in [-0.05, 0) is 58.4 Å². The fourth-order valence-electron chi connectivity index (χ4n) is 6.10. The molecule has 6 heteroatoms. The van der Waals surface area contributed by atoms with Crippen LogP contribution in [0.25, 0.3) is 61.3 Å². The molecule has 3 heterocycles. The molecule has 8 rings (SSSR count). The number of rotatable bonds is 5. The van der Waals surface area contributed by atoms with E-state index >= 15 is 0 Å². The molecular formula is C44H41IrN3OSi-2. The van der Waals surface area contributed by atoms with Gasteiger partial charge in [0.05, 0.1) is 30.5 Å². The summed E-state index contributed by atoms with van der Waals surface area (Å²) in [7, 11) is -1.70. The van der Waals surface area contributed by atoms with Gasteiger partial charge in [0.2, 0.25) is 0 Å². The van der Waals surface area contributed by atoms with Crippen LogP contribution in [0.5, 0.6) is 0 Å². The fraction of sp³-hybridized carbons (Fsp3) is 0.182. The number of aromatic nitrogens is 3. The largest absolute Gasteiger partial charge is 0.476 e. The van der Waals surface area contributed by atoms with Crippen LogP contribution in [-0.2, 0) is 26.5 Å². The first-order valence-corrected chi connectivity index (χ1v) is 20.2. The van der Waals surface area contributed by atoms with Gasteiger partial charge in [-0.3, -0.25) is 4.98 Å². The molecule has 0 unspecified atom stereocenters. The molecule has 0 saturated heterocycles. The van der Waals surface area contributed by atoms with Crippen LogP contribution in [0.3, 0.4) is 0 Å². The molecule has 0 amide bonds. The van der Waals surface area contributed by atoms with Gasteiger partial charge < -0.3 is 14.0 Å². The number of furan rings is 1. The zero-order valence-electron chi connectivity index (χ0n) is 31.2. The van der Waals surface area contributed by atoms with E-state index in [0.717, 1.165) is 72.1 Å². The molecule has 4 nitrogen and oxygen atoms in total. The SMILES string of the molecule is [2H]C([2H])(c1cc(-c2[c-]cccc2)ncc1[Si](C)(C)C)C(C)(C)C.[Ir].[c-]1cc2c(cc1-c1nc3ccccc3n1-c1ccccc1)oc1ccccc12. The number of fused-ring (bicyclic) bond motifs is 4. The maximum absolute atomic E-state index is 8.75. The van der Waals surface area contributed by atoms with Crippen LogP contribution >= 0.6 is 0 Å². The molecule has 0 atom stereocenters. The van der Waals surface area contributed by atoms with Gasteiger partial charge in [0, 0.05) is 34.7 Å². The molecule has 0 aliphatic rings. The maximum Gasteiger partial charge on any atom is 0.123 e. The first kappa shape index (κ1) is 32.6. The summed E-state index contributed by atoms with van der Waals surface area (Å²) in [5, 5.41) is 3.27. The van der Waals surface area contributed by atoms with Crippen molar-refractivity contribution in [2.45, 2.75) is 46.8 Å². The molecule has 3 aromatic heterocycles. The number of hydrogen-bond acceptors (Lipinski definition) is 3. The van der Waals surface area contributed by atoms with Crippen molar-refractivity contribution in [1.82, 2.24) is 14.5 Å². The molecule has 0 N–H and O–H groups in total. The number of pyridine rings is 1. The minimum Gasteiger partial charge on any atom is -0.476 e. The van der Waals surface area contributed by atoms with E-state index in [9.17, 15) is 0 Å². The van der Waals surface area contributed by atoms with Gasteiger partial charge in [0.25, 0.3) is 0 Å². The normalized spacial score (nSPS) is 12.6. The van der Waals surface area contributed by atoms with E-state index in [1.807, 2.05) is 124 Å². The van der Waals surface area contributed by atoms with E-state index in [-0.39, 0.29) is 20.1 Å². The van der Waals surface area contributed by atoms with Gasteiger partial charge in [-0.2, -0.15) is 0 Å². The second kappa shape index (κ2) is 14.3. The monoisotopic (exact) mass is 850 g/mol. The van der Waals surface area contributed by atoms with Crippen molar-refractivity contribution in [2.75, 3.05) is 0 Å². The average Bonchev–Trinajstić information content (AvgIpc) is 3.70. The van der Waals surface area contributed by atoms with Gasteiger partial charge in [-0.15, -0.1) is 53.6 Å². The summed E-state index contributed by atoms with van der Waals surface area (Å²) >= 11 is 0. The van der Waals surface area contributed by atoms with Crippen molar-refractivity contribution in [3.05, 3.63) is 145 Å². The van der Waals surface area contributed by atoms with Crippen LogP contribution in [0.1, 0.15) is 29.1 Å². The molecule has 1 radical (unpaired) electrons. The zero-order valence-corrected chi connectivity index (χ0v) is 32.6. The van der Waals surface area contributed by atoms with Crippen LogP contribution in [0.15, 0.2) is 132 Å². The molecule has 0 saturated carbocycles. The predicted molar refractivity (Wildman–Crippen MR) is 207 cm³/mol. The molecule has 0 fully saturated rings. The molecule has 253 valence electrons. The quantitative estimate of drug-likeness (QED) is 0.128. The van der Waals surface area contributed by atoms with Crippen LogP contribution in [0.2, 0.25) is 19.6 Å². The van der Waals surface area contributed by atoms with Crippen LogP contribution in [0, 0.1) is 17.5 Å². The van der Waals surface area contributed by atoms with Crippen LogP contribution < -0.4 is 5.19 Å². The van der Waals surface area contributed by atoms with Crippen molar-refractivity contribution in [1.29, 1.82) is 0 Å². The molecule has 5 aromatic carbocycles. The Kier molecular flexibility index (Phi) is 9.33. The van der Waals surface area contributed by atoms with E-state index in [0.29, 0.717) is 0 Å². The second-order valence-corrected chi connectivity index (χ2v) is 19.4. The van der Waals surface area contributed by atoms with E-state index in [1.54, 1.807) is 0 Å². The fourth-order valence-corrected chi connectivity index (χ4v) is 7.49. The topological polar surface area (TPSA) is 43.9 Å². The van der Waals surface area contributed by atoms with E-state index in [2.05, 4.69) is 65.6 Å². The van der Waals surface area contributed by atoms with Gasteiger partial charge >= 0.3 is 0 Å². The Labute approximate surface area is 312 Å². The number of hydrogen-bond donors (Lipinski definition) is 0. The van der Waals surface area contributed by atoms with E-state index < -0.39 is 19.9 Å². The second-order valence-electron chi connectivity index (χ2n) is 14.3. The van der Waals surface area contributed by atoms with E-state index in [1.165, 1.54) is 0 Å². The molecule has 0 spiro atoms. The third-order valence-electron chi connectivity index (χ3n) is 8.33. The van der Waals surface area contributed by atoms with Gasteiger partial charge in [0.1, 0.15) is 5.58 Å². The number of para-hydroxylation sites is 4. The summed E-state index contributed by atoms with van der Waals surface area (Å²) in [4.78, 5) is 9.52. The van der Waals surface area contributed by atoms with E-state index in [4.69, 9.17) is 12.1 Å². The number of benzene rings is 5. The minimum absolute atomic E-state index is 0. The van der Waals surface area contributed by atoms with Crippen molar-refractivity contribution in [3.8, 4) is 28.3 Å². The first-order chi connectivity index (χ1) is 24.3. The smallest absolute Gasteiger partial charge is 0.123 e.